The number of nitrogens with zero attached hydrogens (tertiary/aromatic N) is 2. The molecule has 2 aliphatic heterocycles. The Labute approximate surface area is 123 Å². The molecule has 2 heterocycles. The van der Waals surface area contributed by atoms with E-state index in [1.54, 1.807) is 18.2 Å². The molecule has 0 radical (unpaired) electrons. The van der Waals surface area contributed by atoms with Crippen molar-refractivity contribution in [3.05, 3.63) is 28.8 Å². The van der Waals surface area contributed by atoms with Crippen molar-refractivity contribution in [1.29, 1.82) is 0 Å². The normalized spacial score (nSPS) is 23.4. The molecule has 1 unspecified atom stereocenters. The van der Waals surface area contributed by atoms with Gasteiger partial charge in [0.05, 0.1) is 11.3 Å². The van der Waals surface area contributed by atoms with Crippen molar-refractivity contribution in [1.82, 2.24) is 4.90 Å². The molecule has 1 aromatic rings. The van der Waals surface area contributed by atoms with Crippen LogP contribution in [0.3, 0.4) is 0 Å². The highest BCUT2D eigenvalue weighted by Crippen LogP contribution is 2.29. The fourth-order valence-electron chi connectivity index (χ4n) is 3.37. The van der Waals surface area contributed by atoms with Crippen LogP contribution in [0.1, 0.15) is 29.6 Å². The minimum Gasteiger partial charge on any atom is -0.478 e. The maximum absolute atomic E-state index is 11.4. The van der Waals surface area contributed by atoms with Crippen LogP contribution in [-0.2, 0) is 0 Å². The Morgan fingerprint density at radius 1 is 1.25 bits per heavy atom. The zero-order valence-corrected chi connectivity index (χ0v) is 12.1. The van der Waals surface area contributed by atoms with Crippen molar-refractivity contribution in [2.45, 2.75) is 25.3 Å². The minimum absolute atomic E-state index is 0.348. The highest BCUT2D eigenvalue weighted by Gasteiger charge is 2.30. The molecule has 2 fully saturated rings. The minimum atomic E-state index is -0.885. The van der Waals surface area contributed by atoms with Crippen LogP contribution in [0.4, 0.5) is 5.69 Å². The maximum Gasteiger partial charge on any atom is 0.337 e. The molecule has 20 heavy (non-hydrogen) atoms. The summed E-state index contributed by atoms with van der Waals surface area (Å²) in [6.45, 7) is 4.10. The number of carboxylic acids is 1. The molecule has 0 bridgehead atoms. The Kier molecular flexibility index (Phi) is 3.85. The highest BCUT2D eigenvalue weighted by atomic mass is 35.5. The molecule has 0 saturated carbocycles. The van der Waals surface area contributed by atoms with Gasteiger partial charge in [-0.1, -0.05) is 11.6 Å². The average Bonchev–Trinajstić information content (AvgIpc) is 2.75. The molecule has 1 N–H and O–H groups in total. The van der Waals surface area contributed by atoms with E-state index >= 15 is 0 Å². The summed E-state index contributed by atoms with van der Waals surface area (Å²) < 4.78 is 0. The molecule has 0 aliphatic carbocycles. The fraction of sp³-hybridized carbons (Fsp3) is 0.533. The topological polar surface area (TPSA) is 43.8 Å². The van der Waals surface area contributed by atoms with E-state index in [4.69, 9.17) is 11.6 Å². The number of anilines is 1. The van der Waals surface area contributed by atoms with E-state index in [-0.39, 0.29) is 0 Å². The molecule has 0 spiro atoms. The van der Waals surface area contributed by atoms with Gasteiger partial charge < -0.3 is 10.0 Å². The van der Waals surface area contributed by atoms with Crippen LogP contribution < -0.4 is 4.90 Å². The number of aromatic carboxylic acids is 1. The van der Waals surface area contributed by atoms with E-state index in [0.717, 1.165) is 31.7 Å². The SMILES string of the molecule is O=C(O)c1ccc(Cl)cc1N1CCCN2CCCC2C1. The first kappa shape index (κ1) is 13.7. The molecule has 4 nitrogen and oxygen atoms in total. The van der Waals surface area contributed by atoms with Gasteiger partial charge in [-0.3, -0.25) is 4.90 Å². The Bertz CT molecular complexity index is 521. The number of halogens is 1. The first-order valence-electron chi connectivity index (χ1n) is 7.17. The molecular formula is C15H19ClN2O2. The van der Waals surface area contributed by atoms with Crippen molar-refractivity contribution in [3.8, 4) is 0 Å². The summed E-state index contributed by atoms with van der Waals surface area (Å²) >= 11 is 6.06. The lowest BCUT2D eigenvalue weighted by atomic mass is 10.1. The zero-order chi connectivity index (χ0) is 14.1. The zero-order valence-electron chi connectivity index (χ0n) is 11.4. The van der Waals surface area contributed by atoms with Gasteiger partial charge in [0.25, 0.3) is 0 Å². The van der Waals surface area contributed by atoms with Crippen LogP contribution in [0, 0.1) is 0 Å². The molecule has 5 heteroatoms. The Hall–Kier alpha value is -1.26. The molecule has 1 aromatic carbocycles. The number of carboxylic acid groups (broad SMARTS) is 1. The summed E-state index contributed by atoms with van der Waals surface area (Å²) in [7, 11) is 0. The number of hydrogen-bond acceptors (Lipinski definition) is 3. The summed E-state index contributed by atoms with van der Waals surface area (Å²) in [5, 5.41) is 9.96. The number of fused-ring (bicyclic) bond motifs is 1. The highest BCUT2D eigenvalue weighted by molar-refractivity contribution is 6.31. The number of benzene rings is 1. The molecule has 2 aliphatic rings. The fourth-order valence-corrected chi connectivity index (χ4v) is 3.54. The lowest BCUT2D eigenvalue weighted by molar-refractivity contribution is 0.0697. The van der Waals surface area contributed by atoms with Crippen LogP contribution in [0.25, 0.3) is 0 Å². The number of carbonyl (C=O) groups is 1. The van der Waals surface area contributed by atoms with Gasteiger partial charge in [-0.05, 0) is 44.0 Å². The smallest absolute Gasteiger partial charge is 0.337 e. The quantitative estimate of drug-likeness (QED) is 0.911. The second-order valence-corrected chi connectivity index (χ2v) is 6.03. The molecule has 0 amide bonds. The van der Waals surface area contributed by atoms with E-state index in [1.807, 2.05) is 0 Å². The van der Waals surface area contributed by atoms with Crippen molar-refractivity contribution in [2.24, 2.45) is 0 Å². The summed E-state index contributed by atoms with van der Waals surface area (Å²) in [6, 6.07) is 5.60. The number of hydrogen-bond donors (Lipinski definition) is 1. The molecule has 0 aromatic heterocycles. The maximum atomic E-state index is 11.4. The van der Waals surface area contributed by atoms with Crippen LogP contribution in [-0.4, -0.2) is 48.2 Å². The molecule has 3 rings (SSSR count). The van der Waals surface area contributed by atoms with Crippen molar-refractivity contribution < 1.29 is 9.90 Å². The predicted octanol–water partition coefficient (Wildman–Crippen LogP) is 2.71. The molecule has 2 saturated heterocycles. The third kappa shape index (κ3) is 2.63. The van der Waals surface area contributed by atoms with E-state index < -0.39 is 5.97 Å². The lowest BCUT2D eigenvalue weighted by Gasteiger charge is -2.28. The third-order valence-corrected chi connectivity index (χ3v) is 4.57. The molecule has 108 valence electrons. The monoisotopic (exact) mass is 294 g/mol. The van der Waals surface area contributed by atoms with Crippen molar-refractivity contribution in [2.75, 3.05) is 31.1 Å². The summed E-state index contributed by atoms with van der Waals surface area (Å²) in [5.74, 6) is -0.885. The van der Waals surface area contributed by atoms with Crippen LogP contribution in [0.2, 0.25) is 5.02 Å². The lowest BCUT2D eigenvalue weighted by Crippen LogP contribution is -2.37. The van der Waals surface area contributed by atoms with E-state index in [2.05, 4.69) is 9.80 Å². The van der Waals surface area contributed by atoms with E-state index in [1.165, 1.54) is 19.4 Å². The van der Waals surface area contributed by atoms with Crippen LogP contribution in [0.15, 0.2) is 18.2 Å². The Morgan fingerprint density at radius 2 is 2.05 bits per heavy atom. The summed E-state index contributed by atoms with van der Waals surface area (Å²) in [5.41, 5.74) is 1.11. The van der Waals surface area contributed by atoms with Gasteiger partial charge in [-0.2, -0.15) is 0 Å². The summed E-state index contributed by atoms with van der Waals surface area (Å²) in [4.78, 5) is 16.1. The van der Waals surface area contributed by atoms with E-state index in [9.17, 15) is 9.90 Å². The van der Waals surface area contributed by atoms with Crippen molar-refractivity contribution in [3.63, 3.8) is 0 Å². The van der Waals surface area contributed by atoms with Gasteiger partial charge in [0, 0.05) is 30.7 Å². The van der Waals surface area contributed by atoms with Crippen LogP contribution >= 0.6 is 11.6 Å². The summed E-state index contributed by atoms with van der Waals surface area (Å²) in [6.07, 6.45) is 3.53. The third-order valence-electron chi connectivity index (χ3n) is 4.33. The van der Waals surface area contributed by atoms with E-state index in [0.29, 0.717) is 16.6 Å². The Morgan fingerprint density at radius 3 is 2.85 bits per heavy atom. The van der Waals surface area contributed by atoms with Gasteiger partial charge in [-0.15, -0.1) is 0 Å². The van der Waals surface area contributed by atoms with Gasteiger partial charge in [-0.25, -0.2) is 4.79 Å². The average molecular weight is 295 g/mol. The van der Waals surface area contributed by atoms with Gasteiger partial charge in [0.2, 0.25) is 0 Å². The first-order chi connectivity index (χ1) is 9.65. The predicted molar refractivity (Wildman–Crippen MR) is 79.8 cm³/mol. The second-order valence-electron chi connectivity index (χ2n) is 5.60. The Balaban J connectivity index is 1.91. The molecular weight excluding hydrogens is 276 g/mol. The number of rotatable bonds is 2. The van der Waals surface area contributed by atoms with Crippen LogP contribution in [0.5, 0.6) is 0 Å². The van der Waals surface area contributed by atoms with Gasteiger partial charge >= 0.3 is 5.97 Å². The van der Waals surface area contributed by atoms with Gasteiger partial charge in [0.1, 0.15) is 0 Å². The second kappa shape index (κ2) is 5.62. The van der Waals surface area contributed by atoms with Crippen molar-refractivity contribution >= 4 is 23.3 Å². The first-order valence-corrected chi connectivity index (χ1v) is 7.55. The standard InChI is InChI=1S/C15H19ClN2O2/c16-11-4-5-13(15(19)20)14(9-11)18-8-2-7-17-6-1-3-12(17)10-18/h4-5,9,12H,1-3,6-8,10H2,(H,19,20). The van der Waals surface area contributed by atoms with Gasteiger partial charge in [0.15, 0.2) is 0 Å². The molecule has 1 atom stereocenters. The largest absolute Gasteiger partial charge is 0.478 e.